The number of imidazole rings is 1. The molecule has 0 fully saturated rings. The van der Waals surface area contributed by atoms with Gasteiger partial charge in [0, 0.05) is 6.20 Å². The molecule has 0 bridgehead atoms. The maximum atomic E-state index is 6.33. The largest absolute Gasteiger partial charge is 0.495 e. The van der Waals surface area contributed by atoms with Crippen molar-refractivity contribution in [2.24, 2.45) is 0 Å². The average molecular weight is 302 g/mol. The second-order valence-electron chi connectivity index (χ2n) is 4.89. The molecular formula is C16H16ClN3O. The lowest BCUT2D eigenvalue weighted by molar-refractivity contribution is 0.412. The highest BCUT2D eigenvalue weighted by Crippen LogP contribution is 2.32. The van der Waals surface area contributed by atoms with Crippen LogP contribution in [0.1, 0.15) is 23.7 Å². The van der Waals surface area contributed by atoms with Crippen molar-refractivity contribution < 1.29 is 4.74 Å². The average Bonchev–Trinajstić information content (AvgIpc) is 2.88. The van der Waals surface area contributed by atoms with Gasteiger partial charge in [0.15, 0.2) is 5.65 Å². The number of rotatable bonds is 3. The minimum atomic E-state index is -0.233. The van der Waals surface area contributed by atoms with Crippen molar-refractivity contribution in [3.8, 4) is 11.4 Å². The third kappa shape index (κ3) is 2.25. The summed E-state index contributed by atoms with van der Waals surface area (Å²) in [4.78, 5) is 9.16. The number of ether oxygens (including phenoxy) is 1. The van der Waals surface area contributed by atoms with Gasteiger partial charge in [-0.3, -0.25) is 4.57 Å². The summed E-state index contributed by atoms with van der Waals surface area (Å²) in [5.41, 5.74) is 3.63. The molecule has 0 saturated carbocycles. The highest BCUT2D eigenvalue weighted by Gasteiger charge is 2.20. The monoisotopic (exact) mass is 301 g/mol. The molecule has 3 rings (SSSR count). The molecule has 0 aliphatic heterocycles. The van der Waals surface area contributed by atoms with Crippen LogP contribution in [0, 0.1) is 6.92 Å². The Kier molecular flexibility index (Phi) is 3.55. The van der Waals surface area contributed by atoms with Gasteiger partial charge in [0.25, 0.3) is 0 Å². The van der Waals surface area contributed by atoms with Crippen LogP contribution in [0.2, 0.25) is 0 Å². The van der Waals surface area contributed by atoms with Crippen molar-refractivity contribution in [1.29, 1.82) is 0 Å². The zero-order valence-corrected chi connectivity index (χ0v) is 12.9. The summed E-state index contributed by atoms with van der Waals surface area (Å²) in [5.74, 6) is 1.52. The van der Waals surface area contributed by atoms with Crippen molar-refractivity contribution in [2.45, 2.75) is 19.2 Å². The lowest BCUT2D eigenvalue weighted by Crippen LogP contribution is -2.04. The summed E-state index contributed by atoms with van der Waals surface area (Å²) < 4.78 is 7.43. The number of pyridine rings is 1. The minimum absolute atomic E-state index is 0.233. The highest BCUT2D eigenvalue weighted by atomic mass is 35.5. The van der Waals surface area contributed by atoms with Crippen LogP contribution in [-0.4, -0.2) is 21.6 Å². The first-order valence-corrected chi connectivity index (χ1v) is 7.18. The second kappa shape index (κ2) is 5.37. The van der Waals surface area contributed by atoms with Gasteiger partial charge in [-0.25, -0.2) is 9.97 Å². The third-order valence-electron chi connectivity index (χ3n) is 3.46. The van der Waals surface area contributed by atoms with E-state index in [0.717, 1.165) is 34.0 Å². The Morgan fingerprint density at radius 2 is 2.00 bits per heavy atom. The molecule has 2 aromatic heterocycles. The predicted molar refractivity (Wildman–Crippen MR) is 84.4 cm³/mol. The van der Waals surface area contributed by atoms with Crippen LogP contribution < -0.4 is 4.74 Å². The summed E-state index contributed by atoms with van der Waals surface area (Å²) >= 11 is 6.33. The van der Waals surface area contributed by atoms with Crippen molar-refractivity contribution in [3.05, 3.63) is 47.9 Å². The first-order valence-electron chi connectivity index (χ1n) is 6.75. The fourth-order valence-corrected chi connectivity index (χ4v) is 2.58. The molecule has 0 amide bonds. The first kappa shape index (κ1) is 13.9. The van der Waals surface area contributed by atoms with E-state index in [9.17, 15) is 0 Å². The van der Waals surface area contributed by atoms with Gasteiger partial charge in [0.1, 0.15) is 17.1 Å². The number of methoxy groups -OCH3 is 1. The van der Waals surface area contributed by atoms with E-state index < -0.39 is 0 Å². The van der Waals surface area contributed by atoms with Gasteiger partial charge < -0.3 is 4.74 Å². The molecule has 1 aromatic carbocycles. The van der Waals surface area contributed by atoms with Crippen molar-refractivity contribution >= 4 is 22.8 Å². The first-order chi connectivity index (χ1) is 10.1. The Hall–Kier alpha value is -2.07. The Bertz CT molecular complexity index is 795. The zero-order chi connectivity index (χ0) is 15.0. The van der Waals surface area contributed by atoms with Crippen LogP contribution in [-0.2, 0) is 0 Å². The van der Waals surface area contributed by atoms with Gasteiger partial charge in [0.2, 0.25) is 0 Å². The number of hydrogen-bond donors (Lipinski definition) is 0. The normalized spacial score (nSPS) is 12.6. The lowest BCUT2D eigenvalue weighted by atomic mass is 10.2. The molecule has 0 aliphatic carbocycles. The van der Waals surface area contributed by atoms with E-state index in [1.165, 1.54) is 0 Å². The summed E-state index contributed by atoms with van der Waals surface area (Å²) in [6.45, 7) is 3.93. The van der Waals surface area contributed by atoms with Gasteiger partial charge in [-0.05, 0) is 37.6 Å². The quantitative estimate of drug-likeness (QED) is 0.686. The van der Waals surface area contributed by atoms with E-state index in [2.05, 4.69) is 9.97 Å². The van der Waals surface area contributed by atoms with E-state index >= 15 is 0 Å². The number of hydrogen-bond acceptors (Lipinski definition) is 3. The predicted octanol–water partition coefficient (Wildman–Crippen LogP) is 4.04. The molecule has 21 heavy (non-hydrogen) atoms. The second-order valence-corrected chi connectivity index (χ2v) is 5.55. The highest BCUT2D eigenvalue weighted by molar-refractivity contribution is 6.20. The fourth-order valence-electron chi connectivity index (χ4n) is 2.43. The molecule has 0 aliphatic rings. The molecule has 1 atom stereocenters. The number of nitrogens with zero attached hydrogens (tertiary/aromatic N) is 3. The van der Waals surface area contributed by atoms with Gasteiger partial charge in [-0.15, -0.1) is 11.6 Å². The van der Waals surface area contributed by atoms with Crippen LogP contribution in [0.25, 0.3) is 16.9 Å². The zero-order valence-electron chi connectivity index (χ0n) is 12.2. The number of halogens is 1. The molecule has 4 nitrogen and oxygen atoms in total. The van der Waals surface area contributed by atoms with Crippen LogP contribution in [0.15, 0.2) is 36.5 Å². The Morgan fingerprint density at radius 3 is 2.71 bits per heavy atom. The Morgan fingerprint density at radius 1 is 1.24 bits per heavy atom. The Labute approximate surface area is 128 Å². The van der Waals surface area contributed by atoms with E-state index in [1.807, 2.05) is 48.7 Å². The smallest absolute Gasteiger partial charge is 0.165 e. The topological polar surface area (TPSA) is 39.9 Å². The molecule has 5 heteroatoms. The number of aryl methyl sites for hydroxylation is 1. The summed E-state index contributed by atoms with van der Waals surface area (Å²) in [5, 5.41) is -0.233. The van der Waals surface area contributed by atoms with E-state index in [0.29, 0.717) is 0 Å². The number of benzene rings is 1. The minimum Gasteiger partial charge on any atom is -0.495 e. The molecule has 0 radical (unpaired) electrons. The maximum Gasteiger partial charge on any atom is 0.165 e. The standard InChI is InChI=1S/C16H16ClN3O/c1-10-8-9-18-16-14(10)19-15(11(2)17)20(16)12-6-4-5-7-13(12)21-3/h4-9,11H,1-3H3. The van der Waals surface area contributed by atoms with Crippen LogP contribution in [0.4, 0.5) is 0 Å². The molecule has 0 spiro atoms. The van der Waals surface area contributed by atoms with E-state index in [-0.39, 0.29) is 5.38 Å². The SMILES string of the molecule is COc1ccccc1-n1c(C(C)Cl)nc2c(C)ccnc21. The van der Waals surface area contributed by atoms with Crippen LogP contribution in [0.3, 0.4) is 0 Å². The Balaban J connectivity index is 2.40. The molecule has 2 heterocycles. The van der Waals surface area contributed by atoms with Crippen molar-refractivity contribution in [2.75, 3.05) is 7.11 Å². The van der Waals surface area contributed by atoms with Crippen LogP contribution in [0.5, 0.6) is 5.75 Å². The van der Waals surface area contributed by atoms with Crippen LogP contribution >= 0.6 is 11.6 Å². The van der Waals surface area contributed by atoms with E-state index in [4.69, 9.17) is 16.3 Å². The third-order valence-corrected chi connectivity index (χ3v) is 3.65. The maximum absolute atomic E-state index is 6.33. The van der Waals surface area contributed by atoms with Crippen molar-refractivity contribution in [3.63, 3.8) is 0 Å². The van der Waals surface area contributed by atoms with Gasteiger partial charge in [-0.1, -0.05) is 12.1 Å². The fraction of sp³-hybridized carbons (Fsp3) is 0.250. The number of aromatic nitrogens is 3. The van der Waals surface area contributed by atoms with E-state index in [1.54, 1.807) is 13.3 Å². The number of para-hydroxylation sites is 2. The van der Waals surface area contributed by atoms with Gasteiger partial charge >= 0.3 is 0 Å². The number of alkyl halides is 1. The van der Waals surface area contributed by atoms with Crippen molar-refractivity contribution in [1.82, 2.24) is 14.5 Å². The van der Waals surface area contributed by atoms with Gasteiger partial charge in [-0.2, -0.15) is 0 Å². The van der Waals surface area contributed by atoms with Gasteiger partial charge in [0.05, 0.1) is 18.2 Å². The molecule has 1 unspecified atom stereocenters. The molecule has 108 valence electrons. The summed E-state index contributed by atoms with van der Waals surface area (Å²) in [7, 11) is 1.65. The lowest BCUT2D eigenvalue weighted by Gasteiger charge is -2.13. The molecule has 3 aromatic rings. The molecule has 0 N–H and O–H groups in total. The summed E-state index contributed by atoms with van der Waals surface area (Å²) in [6.07, 6.45) is 1.79. The number of fused-ring (bicyclic) bond motifs is 1. The molecule has 0 saturated heterocycles. The molecular weight excluding hydrogens is 286 g/mol. The summed E-state index contributed by atoms with van der Waals surface area (Å²) in [6, 6.07) is 9.74.